The Hall–Kier alpha value is -3.39. The lowest BCUT2D eigenvalue weighted by molar-refractivity contribution is 0.140. The van der Waals surface area contributed by atoms with E-state index in [2.05, 4.69) is 75.1 Å². The van der Waals surface area contributed by atoms with Gasteiger partial charge in [-0.1, -0.05) is 36.4 Å². The monoisotopic (exact) mass is 434 g/mol. The van der Waals surface area contributed by atoms with E-state index in [9.17, 15) is 0 Å². The van der Waals surface area contributed by atoms with E-state index in [1.807, 2.05) is 4.68 Å². The first-order valence-electron chi connectivity index (χ1n) is 10.9. The second kappa shape index (κ2) is 10.8. The van der Waals surface area contributed by atoms with Gasteiger partial charge < -0.3 is 20.1 Å². The molecule has 0 saturated carbocycles. The Bertz CT molecular complexity index is 1030. The number of aryl methyl sites for hydroxylation is 1. The highest BCUT2D eigenvalue weighted by atomic mass is 16.5. The minimum Gasteiger partial charge on any atom is -0.488 e. The van der Waals surface area contributed by atoms with Gasteiger partial charge in [0.2, 0.25) is 0 Å². The van der Waals surface area contributed by atoms with Gasteiger partial charge in [0.25, 0.3) is 0 Å². The summed E-state index contributed by atoms with van der Waals surface area (Å²) in [5.74, 6) is 1.65. The lowest BCUT2D eigenvalue weighted by atomic mass is 10.1. The normalized spacial score (nSPS) is 16.2. The molecule has 1 aliphatic heterocycles. The van der Waals surface area contributed by atoms with Gasteiger partial charge in [-0.2, -0.15) is 5.10 Å². The molecule has 32 heavy (non-hydrogen) atoms. The van der Waals surface area contributed by atoms with Crippen molar-refractivity contribution in [2.24, 2.45) is 4.99 Å². The molecule has 0 bridgehead atoms. The van der Waals surface area contributed by atoms with Crippen LogP contribution < -0.4 is 15.4 Å². The molecule has 1 unspecified atom stereocenters. The van der Waals surface area contributed by atoms with E-state index in [-0.39, 0.29) is 6.10 Å². The van der Waals surface area contributed by atoms with E-state index < -0.39 is 0 Å². The molecule has 2 N–H and O–H groups in total. The quantitative estimate of drug-likeness (QED) is 0.419. The minimum atomic E-state index is 0.123. The maximum Gasteiger partial charge on any atom is 0.191 e. The maximum absolute atomic E-state index is 6.20. The summed E-state index contributed by atoms with van der Waals surface area (Å²) in [7, 11) is 1.78. The smallest absolute Gasteiger partial charge is 0.191 e. The zero-order chi connectivity index (χ0) is 22.2. The van der Waals surface area contributed by atoms with Crippen molar-refractivity contribution < 1.29 is 9.47 Å². The van der Waals surface area contributed by atoms with Gasteiger partial charge in [-0.15, -0.1) is 0 Å². The fraction of sp³-hybridized carbons (Fsp3) is 0.375. The largest absolute Gasteiger partial charge is 0.488 e. The van der Waals surface area contributed by atoms with Crippen LogP contribution in [0.15, 0.2) is 60.1 Å². The lowest BCUT2D eigenvalue weighted by Crippen LogP contribution is -2.36. The molecule has 1 saturated heterocycles. The summed E-state index contributed by atoms with van der Waals surface area (Å²) in [6.07, 6.45) is 4.32. The van der Waals surface area contributed by atoms with Crippen LogP contribution in [0.25, 0.3) is 0 Å². The Morgan fingerprint density at radius 3 is 2.84 bits per heavy atom. The van der Waals surface area contributed by atoms with Crippen molar-refractivity contribution in [1.82, 2.24) is 25.4 Å². The van der Waals surface area contributed by atoms with Crippen LogP contribution in [0.5, 0.6) is 5.75 Å². The SMILES string of the molecule is CN=C(NCc1cccc(Cn2cncn2)c1)NCc1ccc(C)cc1OC1CCOC1. The standard InChI is InChI=1S/C24H30N6O2/c1-18-6-7-21(23(10-18)32-22-8-9-31-15-22)13-28-24(25-2)27-12-19-4-3-5-20(11-19)14-30-17-26-16-29-30/h3-7,10-11,16-17,22H,8-9,12-15H2,1-2H3,(H2,25,27,28). The molecule has 2 heterocycles. The van der Waals surface area contributed by atoms with Crippen LogP contribution in [0.4, 0.5) is 0 Å². The summed E-state index contributed by atoms with van der Waals surface area (Å²) in [6, 6.07) is 14.7. The molecule has 1 aliphatic rings. The van der Waals surface area contributed by atoms with Crippen molar-refractivity contribution in [2.75, 3.05) is 20.3 Å². The Labute approximate surface area is 188 Å². The Balaban J connectivity index is 1.33. The average molecular weight is 435 g/mol. The van der Waals surface area contributed by atoms with Crippen molar-refractivity contribution in [2.45, 2.75) is 39.1 Å². The van der Waals surface area contributed by atoms with E-state index >= 15 is 0 Å². The average Bonchev–Trinajstić information content (AvgIpc) is 3.50. The predicted molar refractivity (Wildman–Crippen MR) is 124 cm³/mol. The zero-order valence-electron chi connectivity index (χ0n) is 18.6. The molecule has 8 nitrogen and oxygen atoms in total. The fourth-order valence-corrected chi connectivity index (χ4v) is 3.63. The number of hydrogen-bond donors (Lipinski definition) is 2. The molecule has 168 valence electrons. The van der Waals surface area contributed by atoms with Crippen molar-refractivity contribution in [3.8, 4) is 5.75 Å². The van der Waals surface area contributed by atoms with Crippen molar-refractivity contribution in [3.63, 3.8) is 0 Å². The zero-order valence-corrected chi connectivity index (χ0v) is 18.6. The van der Waals surface area contributed by atoms with E-state index in [4.69, 9.17) is 9.47 Å². The van der Waals surface area contributed by atoms with Gasteiger partial charge >= 0.3 is 0 Å². The summed E-state index contributed by atoms with van der Waals surface area (Å²) in [6.45, 7) is 5.48. The van der Waals surface area contributed by atoms with Gasteiger partial charge in [0.1, 0.15) is 24.5 Å². The first kappa shape index (κ1) is 21.8. The molecule has 1 aromatic heterocycles. The molecular weight excluding hydrogens is 404 g/mol. The number of guanidine groups is 1. The van der Waals surface area contributed by atoms with Gasteiger partial charge in [-0.3, -0.25) is 4.99 Å². The predicted octanol–water partition coefficient (Wildman–Crippen LogP) is 2.67. The highest BCUT2D eigenvalue weighted by molar-refractivity contribution is 5.79. The second-order valence-electron chi connectivity index (χ2n) is 7.91. The Morgan fingerprint density at radius 2 is 2.06 bits per heavy atom. The maximum atomic E-state index is 6.20. The number of rotatable bonds is 8. The van der Waals surface area contributed by atoms with Crippen molar-refractivity contribution >= 4 is 5.96 Å². The molecule has 1 atom stereocenters. The van der Waals surface area contributed by atoms with Crippen LogP contribution >= 0.6 is 0 Å². The number of aromatic nitrogens is 3. The van der Waals surface area contributed by atoms with Gasteiger partial charge in [-0.05, 0) is 29.7 Å². The van der Waals surface area contributed by atoms with Crippen LogP contribution in [0, 0.1) is 6.92 Å². The van der Waals surface area contributed by atoms with Crippen LogP contribution in [0.1, 0.15) is 28.7 Å². The first-order valence-corrected chi connectivity index (χ1v) is 10.9. The number of nitrogens with one attached hydrogen (secondary N) is 2. The van der Waals surface area contributed by atoms with Crippen LogP contribution in [0.3, 0.4) is 0 Å². The summed E-state index contributed by atoms with van der Waals surface area (Å²) < 4.78 is 13.5. The number of hydrogen-bond acceptors (Lipinski definition) is 5. The van der Waals surface area contributed by atoms with Gasteiger partial charge in [0, 0.05) is 32.1 Å². The molecular formula is C24H30N6O2. The topological polar surface area (TPSA) is 85.6 Å². The van der Waals surface area contributed by atoms with Crippen LogP contribution in [-0.2, 0) is 24.4 Å². The Morgan fingerprint density at radius 1 is 1.19 bits per heavy atom. The van der Waals surface area contributed by atoms with Gasteiger partial charge in [-0.25, -0.2) is 9.67 Å². The van der Waals surface area contributed by atoms with E-state index in [1.54, 1.807) is 19.7 Å². The third-order valence-electron chi connectivity index (χ3n) is 5.34. The highest BCUT2D eigenvalue weighted by Gasteiger charge is 2.18. The summed E-state index contributed by atoms with van der Waals surface area (Å²) in [4.78, 5) is 8.36. The minimum absolute atomic E-state index is 0.123. The molecule has 4 rings (SSSR count). The number of nitrogens with zero attached hydrogens (tertiary/aromatic N) is 4. The van der Waals surface area contributed by atoms with Crippen LogP contribution in [-0.4, -0.2) is 47.1 Å². The molecule has 2 aromatic carbocycles. The number of aliphatic imine (C=N–C) groups is 1. The number of ether oxygens (including phenoxy) is 2. The van der Waals surface area contributed by atoms with E-state index in [0.29, 0.717) is 26.2 Å². The summed E-state index contributed by atoms with van der Waals surface area (Å²) in [5.41, 5.74) is 4.62. The Kier molecular flexibility index (Phi) is 7.34. The van der Waals surface area contributed by atoms with E-state index in [1.165, 1.54) is 16.7 Å². The second-order valence-corrected chi connectivity index (χ2v) is 7.91. The van der Waals surface area contributed by atoms with Crippen LogP contribution in [0.2, 0.25) is 0 Å². The fourth-order valence-electron chi connectivity index (χ4n) is 3.63. The molecule has 0 radical (unpaired) electrons. The lowest BCUT2D eigenvalue weighted by Gasteiger charge is -2.18. The molecule has 0 amide bonds. The third kappa shape index (κ3) is 6.07. The molecule has 0 spiro atoms. The summed E-state index contributed by atoms with van der Waals surface area (Å²) in [5, 5.41) is 11.0. The molecule has 1 fully saturated rings. The summed E-state index contributed by atoms with van der Waals surface area (Å²) >= 11 is 0. The molecule has 3 aromatic rings. The molecule has 8 heteroatoms. The van der Waals surface area contributed by atoms with Crippen molar-refractivity contribution in [1.29, 1.82) is 0 Å². The van der Waals surface area contributed by atoms with Crippen molar-refractivity contribution in [3.05, 3.63) is 77.4 Å². The molecule has 0 aliphatic carbocycles. The van der Waals surface area contributed by atoms with Gasteiger partial charge in [0.05, 0.1) is 19.8 Å². The third-order valence-corrected chi connectivity index (χ3v) is 5.34. The highest BCUT2D eigenvalue weighted by Crippen LogP contribution is 2.23. The van der Waals surface area contributed by atoms with Gasteiger partial charge in [0.15, 0.2) is 5.96 Å². The van der Waals surface area contributed by atoms with E-state index in [0.717, 1.165) is 30.3 Å². The first-order chi connectivity index (χ1) is 15.7. The number of benzene rings is 2.